The van der Waals surface area contributed by atoms with E-state index < -0.39 is 12.8 Å². The third kappa shape index (κ3) is 3.94. The van der Waals surface area contributed by atoms with E-state index in [2.05, 4.69) is 17.0 Å². The average molecular weight is 203 g/mol. The summed E-state index contributed by atoms with van der Waals surface area (Å²) in [6.07, 6.45) is 3.82. The van der Waals surface area contributed by atoms with E-state index in [0.29, 0.717) is 0 Å². The second-order valence-corrected chi connectivity index (χ2v) is 3.93. The first-order valence-corrected chi connectivity index (χ1v) is 5.21. The van der Waals surface area contributed by atoms with Gasteiger partial charge in [0.05, 0.1) is 0 Å². The number of carbonyl (C=O) groups excluding carboxylic acids is 1. The molecule has 82 valence electrons. The number of ether oxygens (including phenoxy) is 1. The quantitative estimate of drug-likeness (QED) is 0.764. The van der Waals surface area contributed by atoms with E-state index in [4.69, 9.17) is 0 Å². The van der Waals surface area contributed by atoms with Gasteiger partial charge in [0.15, 0.2) is 0 Å². The number of halogens is 1. The summed E-state index contributed by atoms with van der Waals surface area (Å²) in [5.41, 5.74) is 0. The zero-order valence-corrected chi connectivity index (χ0v) is 8.59. The molecule has 1 aliphatic carbocycles. The Morgan fingerprint density at radius 1 is 1.43 bits per heavy atom. The van der Waals surface area contributed by atoms with Gasteiger partial charge in [0.1, 0.15) is 13.3 Å². The molecule has 0 radical (unpaired) electrons. The van der Waals surface area contributed by atoms with Gasteiger partial charge in [-0.05, 0) is 31.6 Å². The first-order valence-electron chi connectivity index (χ1n) is 5.21. The van der Waals surface area contributed by atoms with Crippen molar-refractivity contribution in [2.45, 2.75) is 38.6 Å². The van der Waals surface area contributed by atoms with E-state index in [1.807, 2.05) is 0 Å². The van der Waals surface area contributed by atoms with Crippen LogP contribution in [0.2, 0.25) is 0 Å². The maximum atomic E-state index is 11.7. The Kier molecular flexibility index (Phi) is 4.70. The summed E-state index contributed by atoms with van der Waals surface area (Å²) in [4.78, 5) is 11.1. The van der Waals surface area contributed by atoms with Gasteiger partial charge in [0.25, 0.3) is 0 Å². The van der Waals surface area contributed by atoms with Crippen molar-refractivity contribution in [1.29, 1.82) is 0 Å². The third-order valence-corrected chi connectivity index (χ3v) is 2.65. The van der Waals surface area contributed by atoms with Crippen LogP contribution in [0.3, 0.4) is 0 Å². The number of hydrogen-bond donors (Lipinski definition) is 1. The van der Waals surface area contributed by atoms with Crippen molar-refractivity contribution >= 4 is 6.09 Å². The molecule has 3 nitrogen and oxygen atoms in total. The summed E-state index contributed by atoms with van der Waals surface area (Å²) >= 11 is 0. The van der Waals surface area contributed by atoms with Gasteiger partial charge in [-0.25, -0.2) is 9.18 Å². The molecule has 0 atom stereocenters. The van der Waals surface area contributed by atoms with E-state index in [1.165, 1.54) is 0 Å². The molecule has 1 N–H and O–H groups in total. The van der Waals surface area contributed by atoms with Gasteiger partial charge in [-0.15, -0.1) is 0 Å². The maximum absolute atomic E-state index is 11.7. The van der Waals surface area contributed by atoms with E-state index in [1.54, 1.807) is 0 Å². The molecule has 0 aromatic heterocycles. The monoisotopic (exact) mass is 203 g/mol. The molecule has 0 spiro atoms. The summed E-state index contributed by atoms with van der Waals surface area (Å²) < 4.78 is 16.3. The van der Waals surface area contributed by atoms with Crippen LogP contribution in [0.25, 0.3) is 0 Å². The maximum Gasteiger partial charge on any atom is 0.407 e. The molecular weight excluding hydrogens is 185 g/mol. The highest BCUT2D eigenvalue weighted by molar-refractivity contribution is 5.67. The van der Waals surface area contributed by atoms with E-state index >= 15 is 0 Å². The molecule has 0 saturated heterocycles. The molecule has 1 saturated carbocycles. The van der Waals surface area contributed by atoms with Crippen LogP contribution in [0.4, 0.5) is 9.18 Å². The Labute approximate surface area is 84.0 Å². The number of nitrogens with one attached hydrogen (secondary N) is 1. The van der Waals surface area contributed by atoms with Crippen molar-refractivity contribution in [3.8, 4) is 0 Å². The van der Waals surface area contributed by atoms with Gasteiger partial charge in [-0.2, -0.15) is 0 Å². The topological polar surface area (TPSA) is 38.3 Å². The normalized spacial score (nSPS) is 27.0. The van der Waals surface area contributed by atoms with E-state index in [0.717, 1.165) is 31.6 Å². The van der Waals surface area contributed by atoms with Gasteiger partial charge < -0.3 is 10.1 Å². The first kappa shape index (κ1) is 11.3. The largest absolute Gasteiger partial charge is 0.447 e. The number of alkyl carbamates (subject to hydrolysis) is 1. The van der Waals surface area contributed by atoms with Crippen LogP contribution < -0.4 is 5.32 Å². The minimum absolute atomic E-state index is 0.144. The fraction of sp³-hybridized carbons (Fsp3) is 0.900. The Morgan fingerprint density at radius 2 is 2.07 bits per heavy atom. The van der Waals surface area contributed by atoms with Crippen molar-refractivity contribution in [3.05, 3.63) is 0 Å². The van der Waals surface area contributed by atoms with Gasteiger partial charge in [0.2, 0.25) is 0 Å². The molecule has 1 aliphatic rings. The minimum Gasteiger partial charge on any atom is -0.447 e. The predicted molar refractivity (Wildman–Crippen MR) is 51.9 cm³/mol. The summed E-state index contributed by atoms with van der Waals surface area (Å²) in [7, 11) is 0. The molecule has 0 aromatic carbocycles. The molecular formula is C10H18FNO2. The predicted octanol–water partition coefficient (Wildman–Crippen LogP) is 2.26. The third-order valence-electron chi connectivity index (χ3n) is 2.65. The molecule has 0 heterocycles. The lowest BCUT2D eigenvalue weighted by atomic mass is 9.87. The zero-order valence-electron chi connectivity index (χ0n) is 8.59. The Hall–Kier alpha value is -0.800. The smallest absolute Gasteiger partial charge is 0.407 e. The second kappa shape index (κ2) is 5.83. The van der Waals surface area contributed by atoms with Crippen LogP contribution in [0.1, 0.15) is 32.6 Å². The Bertz CT molecular complexity index is 179. The summed E-state index contributed by atoms with van der Waals surface area (Å²) in [6.45, 7) is 1.46. The second-order valence-electron chi connectivity index (χ2n) is 3.93. The number of hydrogen-bond acceptors (Lipinski definition) is 2. The van der Waals surface area contributed by atoms with Crippen LogP contribution >= 0.6 is 0 Å². The molecule has 0 bridgehead atoms. The molecule has 0 unspecified atom stereocenters. The Balaban J connectivity index is 2.14. The summed E-state index contributed by atoms with van der Waals surface area (Å²) in [6, 6.07) is 0.221. The Morgan fingerprint density at radius 3 is 2.64 bits per heavy atom. The van der Waals surface area contributed by atoms with Crippen LogP contribution in [0, 0.1) is 5.92 Å². The zero-order chi connectivity index (χ0) is 10.4. The van der Waals surface area contributed by atoms with Crippen molar-refractivity contribution in [2.75, 3.05) is 13.3 Å². The highest BCUT2D eigenvalue weighted by Crippen LogP contribution is 2.23. The highest BCUT2D eigenvalue weighted by atomic mass is 19.1. The molecule has 0 aliphatic heterocycles. The standard InChI is InChI=1S/C10H18FNO2/c1-8-2-4-9(5-3-8)12-10(13)14-7-6-11/h8-9H,2-7H2,1H3,(H,12,13). The SMILES string of the molecule is CC1CCC(NC(=O)OCCF)CC1. The van der Waals surface area contributed by atoms with Crippen molar-refractivity contribution in [1.82, 2.24) is 5.32 Å². The molecule has 14 heavy (non-hydrogen) atoms. The van der Waals surface area contributed by atoms with Crippen molar-refractivity contribution < 1.29 is 13.9 Å². The van der Waals surface area contributed by atoms with Crippen LogP contribution in [-0.4, -0.2) is 25.4 Å². The van der Waals surface area contributed by atoms with Gasteiger partial charge in [-0.3, -0.25) is 0 Å². The summed E-state index contributed by atoms with van der Waals surface area (Å²) in [5.74, 6) is 0.759. The molecule has 1 amide bonds. The number of carbonyl (C=O) groups is 1. The fourth-order valence-corrected chi connectivity index (χ4v) is 1.74. The lowest BCUT2D eigenvalue weighted by molar-refractivity contribution is 0.130. The van der Waals surface area contributed by atoms with Gasteiger partial charge in [-0.1, -0.05) is 6.92 Å². The molecule has 0 aromatic rings. The number of alkyl halides is 1. The van der Waals surface area contributed by atoms with E-state index in [-0.39, 0.29) is 12.6 Å². The molecule has 1 rings (SSSR count). The van der Waals surface area contributed by atoms with E-state index in [9.17, 15) is 9.18 Å². The van der Waals surface area contributed by atoms with Gasteiger partial charge in [0, 0.05) is 6.04 Å². The average Bonchev–Trinajstić information content (AvgIpc) is 2.18. The lowest BCUT2D eigenvalue weighted by Crippen LogP contribution is -2.37. The van der Waals surface area contributed by atoms with Crippen LogP contribution in [0.5, 0.6) is 0 Å². The number of rotatable bonds is 3. The number of amides is 1. The highest BCUT2D eigenvalue weighted by Gasteiger charge is 2.19. The fourth-order valence-electron chi connectivity index (χ4n) is 1.74. The van der Waals surface area contributed by atoms with Crippen molar-refractivity contribution in [3.63, 3.8) is 0 Å². The van der Waals surface area contributed by atoms with Crippen LogP contribution in [-0.2, 0) is 4.74 Å². The summed E-state index contributed by atoms with van der Waals surface area (Å²) in [5, 5.41) is 2.75. The lowest BCUT2D eigenvalue weighted by Gasteiger charge is -2.26. The molecule has 4 heteroatoms. The van der Waals surface area contributed by atoms with Crippen molar-refractivity contribution in [2.24, 2.45) is 5.92 Å². The van der Waals surface area contributed by atoms with Crippen LogP contribution in [0.15, 0.2) is 0 Å². The van der Waals surface area contributed by atoms with Gasteiger partial charge >= 0.3 is 6.09 Å². The molecule has 1 fully saturated rings. The first-order chi connectivity index (χ1) is 6.72. The minimum atomic E-state index is -0.616.